The molecule has 0 aliphatic carbocycles. The van der Waals surface area contributed by atoms with Gasteiger partial charge < -0.3 is 15.7 Å². The van der Waals surface area contributed by atoms with E-state index in [-0.39, 0.29) is 6.04 Å². The summed E-state index contributed by atoms with van der Waals surface area (Å²) in [5.41, 5.74) is 0. The Morgan fingerprint density at radius 3 is 2.75 bits per heavy atom. The first-order valence-corrected chi connectivity index (χ1v) is 7.68. The van der Waals surface area contributed by atoms with E-state index in [1.807, 2.05) is 13.2 Å². The van der Waals surface area contributed by atoms with Crippen LogP contribution >= 0.6 is 11.8 Å². The van der Waals surface area contributed by atoms with Gasteiger partial charge in [0.2, 0.25) is 0 Å². The second-order valence-corrected chi connectivity index (χ2v) is 5.40. The van der Waals surface area contributed by atoms with E-state index < -0.39 is 18.0 Å². The summed E-state index contributed by atoms with van der Waals surface area (Å²) in [7, 11) is 0. The third-order valence-corrected chi connectivity index (χ3v) is 3.26. The van der Waals surface area contributed by atoms with E-state index in [9.17, 15) is 9.59 Å². The van der Waals surface area contributed by atoms with E-state index in [2.05, 4.69) is 15.7 Å². The van der Waals surface area contributed by atoms with Gasteiger partial charge in [0.15, 0.2) is 0 Å². The Kier molecular flexibility index (Phi) is 6.92. The van der Waals surface area contributed by atoms with Gasteiger partial charge in [0.1, 0.15) is 6.04 Å². The topological polar surface area (TPSA) is 96.3 Å². The first-order chi connectivity index (χ1) is 9.52. The van der Waals surface area contributed by atoms with Crippen LogP contribution in [-0.4, -0.2) is 51.0 Å². The van der Waals surface area contributed by atoms with Gasteiger partial charge in [0, 0.05) is 18.4 Å². The molecule has 7 nitrogen and oxygen atoms in total. The van der Waals surface area contributed by atoms with Gasteiger partial charge >= 0.3 is 12.0 Å². The number of carbonyl (C=O) groups is 2. The van der Waals surface area contributed by atoms with E-state index in [4.69, 9.17) is 5.11 Å². The number of nitrogens with zero attached hydrogens (tertiary/aromatic N) is 2. The molecule has 1 aromatic rings. The van der Waals surface area contributed by atoms with Gasteiger partial charge in [-0.3, -0.25) is 4.68 Å². The fourth-order valence-electron chi connectivity index (χ4n) is 1.65. The Morgan fingerprint density at radius 2 is 2.20 bits per heavy atom. The second-order valence-electron chi connectivity index (χ2n) is 4.42. The molecule has 0 saturated heterocycles. The van der Waals surface area contributed by atoms with Crippen molar-refractivity contribution in [2.45, 2.75) is 32.0 Å². The molecule has 0 aromatic carbocycles. The summed E-state index contributed by atoms with van der Waals surface area (Å²) in [6.07, 6.45) is 5.76. The van der Waals surface area contributed by atoms with Crippen molar-refractivity contribution in [3.63, 3.8) is 0 Å². The van der Waals surface area contributed by atoms with E-state index in [0.717, 1.165) is 0 Å². The summed E-state index contributed by atoms with van der Waals surface area (Å²) >= 11 is 1.54. The molecule has 0 spiro atoms. The van der Waals surface area contributed by atoms with Crippen molar-refractivity contribution in [3.8, 4) is 0 Å². The van der Waals surface area contributed by atoms with Crippen LogP contribution in [-0.2, 0) is 11.3 Å². The molecule has 0 bridgehead atoms. The molecule has 1 aromatic heterocycles. The molecule has 20 heavy (non-hydrogen) atoms. The molecule has 0 aliphatic rings. The van der Waals surface area contributed by atoms with Crippen LogP contribution in [0.3, 0.4) is 0 Å². The fourth-order valence-corrected chi connectivity index (χ4v) is 2.12. The molecule has 0 aliphatic heterocycles. The smallest absolute Gasteiger partial charge is 0.326 e. The van der Waals surface area contributed by atoms with Gasteiger partial charge in [-0.2, -0.15) is 16.9 Å². The molecule has 8 heteroatoms. The zero-order chi connectivity index (χ0) is 15.0. The largest absolute Gasteiger partial charge is 0.480 e. The fraction of sp³-hybridized carbons (Fsp3) is 0.583. The van der Waals surface area contributed by atoms with Crippen molar-refractivity contribution >= 4 is 23.8 Å². The quantitative estimate of drug-likeness (QED) is 0.659. The van der Waals surface area contributed by atoms with Gasteiger partial charge in [-0.1, -0.05) is 0 Å². The number of carboxylic acids is 1. The molecule has 1 rings (SSSR count). The van der Waals surface area contributed by atoms with Crippen molar-refractivity contribution < 1.29 is 14.7 Å². The number of thioether (sulfide) groups is 1. The predicted molar refractivity (Wildman–Crippen MR) is 77.8 cm³/mol. The maximum atomic E-state index is 11.7. The molecule has 0 saturated carbocycles. The van der Waals surface area contributed by atoms with Crippen LogP contribution in [0.1, 0.15) is 13.3 Å². The molecule has 0 fully saturated rings. The van der Waals surface area contributed by atoms with E-state index in [0.29, 0.717) is 18.7 Å². The minimum atomic E-state index is -1.02. The Balaban J connectivity index is 2.38. The van der Waals surface area contributed by atoms with Gasteiger partial charge in [-0.05, 0) is 31.4 Å². The van der Waals surface area contributed by atoms with Crippen LogP contribution in [0, 0.1) is 0 Å². The lowest BCUT2D eigenvalue weighted by Crippen LogP contribution is -2.49. The second kappa shape index (κ2) is 8.47. The summed E-state index contributed by atoms with van der Waals surface area (Å²) < 4.78 is 1.70. The monoisotopic (exact) mass is 300 g/mol. The average Bonchev–Trinajstić information content (AvgIpc) is 2.86. The number of nitrogens with one attached hydrogen (secondary N) is 2. The number of hydrogen-bond donors (Lipinski definition) is 3. The molecule has 1 heterocycles. The van der Waals surface area contributed by atoms with E-state index in [1.165, 1.54) is 0 Å². The first-order valence-electron chi connectivity index (χ1n) is 6.29. The minimum Gasteiger partial charge on any atom is -0.480 e. The average molecular weight is 300 g/mol. The van der Waals surface area contributed by atoms with Crippen molar-refractivity contribution in [2.24, 2.45) is 0 Å². The highest BCUT2D eigenvalue weighted by atomic mass is 32.2. The zero-order valence-electron chi connectivity index (χ0n) is 11.6. The molecule has 1 unspecified atom stereocenters. The normalized spacial score (nSPS) is 13.5. The number of aromatic nitrogens is 2. The summed E-state index contributed by atoms with van der Waals surface area (Å²) in [4.78, 5) is 22.8. The Hall–Kier alpha value is -1.70. The number of carbonyl (C=O) groups excluding carboxylic acids is 1. The number of rotatable bonds is 8. The molecular formula is C12H20N4O3S. The van der Waals surface area contributed by atoms with Gasteiger partial charge in [-0.25, -0.2) is 9.59 Å². The maximum absolute atomic E-state index is 11.7. The van der Waals surface area contributed by atoms with Gasteiger partial charge in [0.25, 0.3) is 0 Å². The molecule has 0 radical (unpaired) electrons. The predicted octanol–water partition coefficient (Wildman–Crippen LogP) is 0.777. The lowest BCUT2D eigenvalue weighted by Gasteiger charge is -2.18. The lowest BCUT2D eigenvalue weighted by molar-refractivity contribution is -0.139. The van der Waals surface area contributed by atoms with Gasteiger partial charge in [0.05, 0.1) is 6.54 Å². The highest BCUT2D eigenvalue weighted by Crippen LogP contribution is 2.01. The van der Waals surface area contributed by atoms with E-state index in [1.54, 1.807) is 34.9 Å². The number of urea groups is 1. The Labute approximate surface area is 122 Å². The first kappa shape index (κ1) is 16.4. The number of carboxylic acid groups (broad SMARTS) is 1. The van der Waals surface area contributed by atoms with Crippen LogP contribution < -0.4 is 10.6 Å². The number of amides is 2. The maximum Gasteiger partial charge on any atom is 0.326 e. The number of hydrogen-bond acceptors (Lipinski definition) is 4. The Morgan fingerprint density at radius 1 is 1.45 bits per heavy atom. The SMILES string of the molecule is CSCC[C@H](NC(=O)NC(C)Cn1cccn1)C(=O)O. The van der Waals surface area contributed by atoms with Crippen molar-refractivity contribution in [1.29, 1.82) is 0 Å². The molecule has 3 N–H and O–H groups in total. The summed E-state index contributed by atoms with van der Waals surface area (Å²) in [6.45, 7) is 2.36. The highest BCUT2D eigenvalue weighted by molar-refractivity contribution is 7.98. The van der Waals surface area contributed by atoms with Crippen LogP contribution in [0.5, 0.6) is 0 Å². The third-order valence-electron chi connectivity index (χ3n) is 2.61. The molecule has 2 amide bonds. The van der Waals surface area contributed by atoms with Crippen molar-refractivity contribution in [2.75, 3.05) is 12.0 Å². The summed E-state index contributed by atoms with van der Waals surface area (Å²) in [6, 6.07) is 0.317. The number of aliphatic carboxylic acids is 1. The van der Waals surface area contributed by atoms with Crippen LogP contribution in [0.4, 0.5) is 4.79 Å². The Bertz CT molecular complexity index is 424. The standard InChI is InChI=1S/C12H20N4O3S/c1-9(8-16-6-3-5-13-16)14-12(19)15-10(11(17)18)4-7-20-2/h3,5-6,9-10H,4,7-8H2,1-2H3,(H,17,18)(H2,14,15,19)/t9?,10-/m0/s1. The molecule has 2 atom stereocenters. The highest BCUT2D eigenvalue weighted by Gasteiger charge is 2.20. The molecule has 112 valence electrons. The van der Waals surface area contributed by atoms with Crippen LogP contribution in [0.2, 0.25) is 0 Å². The van der Waals surface area contributed by atoms with Gasteiger partial charge in [-0.15, -0.1) is 0 Å². The molecular weight excluding hydrogens is 280 g/mol. The summed E-state index contributed by atoms with van der Waals surface area (Å²) in [5, 5.41) is 18.2. The van der Waals surface area contributed by atoms with Crippen molar-refractivity contribution in [3.05, 3.63) is 18.5 Å². The lowest BCUT2D eigenvalue weighted by atomic mass is 10.2. The third kappa shape index (κ3) is 5.96. The van der Waals surface area contributed by atoms with Crippen LogP contribution in [0.25, 0.3) is 0 Å². The summed E-state index contributed by atoms with van der Waals surface area (Å²) in [5.74, 6) is -0.339. The van der Waals surface area contributed by atoms with E-state index >= 15 is 0 Å². The minimum absolute atomic E-state index is 0.148. The zero-order valence-corrected chi connectivity index (χ0v) is 12.4. The van der Waals surface area contributed by atoms with Crippen LogP contribution in [0.15, 0.2) is 18.5 Å². The van der Waals surface area contributed by atoms with Crippen molar-refractivity contribution in [1.82, 2.24) is 20.4 Å².